The molecule has 4 nitrogen and oxygen atoms in total. The molecule has 0 amide bonds. The zero-order chi connectivity index (χ0) is 17.7. The van der Waals surface area contributed by atoms with E-state index in [1.54, 1.807) is 48.5 Å². The van der Waals surface area contributed by atoms with E-state index in [0.717, 1.165) is 0 Å². The number of aliphatic carboxylic acids is 1. The lowest BCUT2D eigenvalue weighted by atomic mass is 10.0. The standard InChI is InChI=1S/C19H19ClO4/c1-12(11-18(21)22)13(2)24-17-9-5-15(6-10-17)19(23)14-3-7-16(20)8-4-14/h3-10,12-13H,11H2,1-2H3,(H,21,22). The summed E-state index contributed by atoms with van der Waals surface area (Å²) in [6.45, 7) is 3.66. The SMILES string of the molecule is CC(CC(=O)O)C(C)Oc1ccc(C(=O)c2ccc(Cl)cc2)cc1. The largest absolute Gasteiger partial charge is 0.490 e. The van der Waals surface area contributed by atoms with Crippen LogP contribution >= 0.6 is 11.6 Å². The highest BCUT2D eigenvalue weighted by Crippen LogP contribution is 2.20. The molecule has 0 aromatic heterocycles. The number of hydrogen-bond donors (Lipinski definition) is 1. The molecule has 126 valence electrons. The smallest absolute Gasteiger partial charge is 0.303 e. The average molecular weight is 347 g/mol. The number of carbonyl (C=O) groups excluding carboxylic acids is 1. The number of carboxylic acids is 1. The van der Waals surface area contributed by atoms with Gasteiger partial charge in [-0.05, 0) is 55.5 Å². The van der Waals surface area contributed by atoms with Crippen molar-refractivity contribution in [3.05, 3.63) is 64.7 Å². The molecule has 2 aromatic rings. The van der Waals surface area contributed by atoms with Gasteiger partial charge in [-0.3, -0.25) is 9.59 Å². The summed E-state index contributed by atoms with van der Waals surface area (Å²) >= 11 is 5.82. The van der Waals surface area contributed by atoms with Crippen LogP contribution in [0, 0.1) is 5.92 Å². The quantitative estimate of drug-likeness (QED) is 0.752. The molecule has 0 spiro atoms. The van der Waals surface area contributed by atoms with Gasteiger partial charge in [0, 0.05) is 22.1 Å². The minimum absolute atomic E-state index is 0.0499. The van der Waals surface area contributed by atoms with E-state index in [1.165, 1.54) is 0 Å². The first-order valence-electron chi connectivity index (χ1n) is 7.65. The fourth-order valence-corrected chi connectivity index (χ4v) is 2.35. The lowest BCUT2D eigenvalue weighted by molar-refractivity contribution is -0.138. The molecule has 0 fully saturated rings. The van der Waals surface area contributed by atoms with Crippen LogP contribution in [0.3, 0.4) is 0 Å². The molecule has 0 aliphatic carbocycles. The Kier molecular flexibility index (Phi) is 5.99. The summed E-state index contributed by atoms with van der Waals surface area (Å²) in [5.74, 6) is -0.447. The van der Waals surface area contributed by atoms with Crippen molar-refractivity contribution in [2.45, 2.75) is 26.4 Å². The summed E-state index contributed by atoms with van der Waals surface area (Å²) < 4.78 is 5.74. The Morgan fingerprint density at radius 3 is 2.00 bits per heavy atom. The van der Waals surface area contributed by atoms with Gasteiger partial charge in [0.25, 0.3) is 0 Å². The van der Waals surface area contributed by atoms with E-state index in [4.69, 9.17) is 21.4 Å². The Bertz CT molecular complexity index is 707. The van der Waals surface area contributed by atoms with Gasteiger partial charge in [0.2, 0.25) is 0 Å². The molecule has 2 rings (SSSR count). The van der Waals surface area contributed by atoms with Crippen molar-refractivity contribution in [1.82, 2.24) is 0 Å². The maximum atomic E-state index is 12.4. The van der Waals surface area contributed by atoms with Gasteiger partial charge < -0.3 is 9.84 Å². The van der Waals surface area contributed by atoms with Crippen molar-refractivity contribution >= 4 is 23.4 Å². The highest BCUT2D eigenvalue weighted by Gasteiger charge is 2.17. The third kappa shape index (κ3) is 4.83. The number of hydrogen-bond acceptors (Lipinski definition) is 3. The van der Waals surface area contributed by atoms with E-state index in [-0.39, 0.29) is 24.2 Å². The molecule has 0 bridgehead atoms. The third-order valence-corrected chi connectivity index (χ3v) is 4.09. The van der Waals surface area contributed by atoms with Crippen molar-refractivity contribution in [3.8, 4) is 5.75 Å². The lowest BCUT2D eigenvalue weighted by Crippen LogP contribution is -2.23. The molecule has 1 N–H and O–H groups in total. The summed E-state index contributed by atoms with van der Waals surface area (Å²) in [6.07, 6.45) is -0.187. The molecule has 0 aliphatic rings. The molecule has 24 heavy (non-hydrogen) atoms. The van der Waals surface area contributed by atoms with Crippen LogP contribution < -0.4 is 4.74 Å². The van der Waals surface area contributed by atoms with Gasteiger partial charge in [0.05, 0.1) is 12.5 Å². The maximum Gasteiger partial charge on any atom is 0.303 e. The number of carboxylic acid groups (broad SMARTS) is 1. The highest BCUT2D eigenvalue weighted by atomic mass is 35.5. The van der Waals surface area contributed by atoms with Gasteiger partial charge in [0.15, 0.2) is 5.78 Å². The molecular formula is C19H19ClO4. The molecule has 2 aromatic carbocycles. The predicted octanol–water partition coefficient (Wildman–Crippen LogP) is 4.45. The maximum absolute atomic E-state index is 12.4. The van der Waals surface area contributed by atoms with Crippen molar-refractivity contribution in [2.75, 3.05) is 0 Å². The second kappa shape index (κ2) is 7.97. The van der Waals surface area contributed by atoms with Gasteiger partial charge >= 0.3 is 5.97 Å². The number of ketones is 1. The van der Waals surface area contributed by atoms with Gasteiger partial charge in [-0.1, -0.05) is 18.5 Å². The predicted molar refractivity (Wildman–Crippen MR) is 92.8 cm³/mol. The van der Waals surface area contributed by atoms with Crippen LogP contribution in [-0.2, 0) is 4.79 Å². The van der Waals surface area contributed by atoms with Crippen molar-refractivity contribution in [1.29, 1.82) is 0 Å². The van der Waals surface area contributed by atoms with Gasteiger partial charge in [-0.2, -0.15) is 0 Å². The summed E-state index contributed by atoms with van der Waals surface area (Å²) in [7, 11) is 0. The molecule has 2 atom stereocenters. The Hall–Kier alpha value is -2.33. The first-order chi connectivity index (χ1) is 11.4. The Balaban J connectivity index is 2.03. The first kappa shape index (κ1) is 18.0. The van der Waals surface area contributed by atoms with Crippen LogP contribution in [0.1, 0.15) is 36.2 Å². The molecule has 0 saturated carbocycles. The molecule has 2 unspecified atom stereocenters. The van der Waals surface area contributed by atoms with Crippen LogP contribution in [-0.4, -0.2) is 23.0 Å². The Morgan fingerprint density at radius 1 is 1.00 bits per heavy atom. The number of halogens is 1. The van der Waals surface area contributed by atoms with Crippen LogP contribution in [0.2, 0.25) is 5.02 Å². The summed E-state index contributed by atoms with van der Waals surface area (Å²) in [4.78, 5) is 23.1. The Labute approximate surface area is 146 Å². The summed E-state index contributed by atoms with van der Waals surface area (Å²) in [6, 6.07) is 13.5. The monoisotopic (exact) mass is 346 g/mol. The zero-order valence-corrected chi connectivity index (χ0v) is 14.3. The van der Waals surface area contributed by atoms with E-state index < -0.39 is 5.97 Å². The normalized spacial score (nSPS) is 13.1. The first-order valence-corrected chi connectivity index (χ1v) is 8.03. The molecule has 0 saturated heterocycles. The summed E-state index contributed by atoms with van der Waals surface area (Å²) in [5.41, 5.74) is 1.12. The average Bonchev–Trinajstić information content (AvgIpc) is 2.55. The van der Waals surface area contributed by atoms with E-state index >= 15 is 0 Å². The highest BCUT2D eigenvalue weighted by molar-refractivity contribution is 6.30. The summed E-state index contributed by atoms with van der Waals surface area (Å²) in [5, 5.41) is 9.40. The topological polar surface area (TPSA) is 63.6 Å². The number of benzene rings is 2. The Morgan fingerprint density at radius 2 is 1.50 bits per heavy atom. The molecular weight excluding hydrogens is 328 g/mol. The second-order valence-electron chi connectivity index (χ2n) is 5.76. The molecule has 5 heteroatoms. The molecule has 0 radical (unpaired) electrons. The lowest BCUT2D eigenvalue weighted by Gasteiger charge is -2.20. The van der Waals surface area contributed by atoms with E-state index in [2.05, 4.69) is 0 Å². The third-order valence-electron chi connectivity index (χ3n) is 3.84. The van der Waals surface area contributed by atoms with E-state index in [9.17, 15) is 9.59 Å². The van der Waals surface area contributed by atoms with Crippen molar-refractivity contribution in [2.24, 2.45) is 5.92 Å². The van der Waals surface area contributed by atoms with Crippen molar-refractivity contribution in [3.63, 3.8) is 0 Å². The van der Waals surface area contributed by atoms with Crippen LogP contribution in [0.4, 0.5) is 0 Å². The number of rotatable bonds is 7. The van der Waals surface area contributed by atoms with Crippen LogP contribution in [0.25, 0.3) is 0 Å². The van der Waals surface area contributed by atoms with Crippen molar-refractivity contribution < 1.29 is 19.4 Å². The van der Waals surface area contributed by atoms with Gasteiger partial charge in [-0.25, -0.2) is 0 Å². The van der Waals surface area contributed by atoms with E-state index in [0.29, 0.717) is 21.9 Å². The van der Waals surface area contributed by atoms with Gasteiger partial charge in [-0.15, -0.1) is 0 Å². The fraction of sp³-hybridized carbons (Fsp3) is 0.263. The van der Waals surface area contributed by atoms with Gasteiger partial charge in [0.1, 0.15) is 5.75 Å². The van der Waals surface area contributed by atoms with Crippen LogP contribution in [0.15, 0.2) is 48.5 Å². The zero-order valence-electron chi connectivity index (χ0n) is 13.5. The molecule has 0 heterocycles. The number of carbonyl (C=O) groups is 2. The molecule has 0 aliphatic heterocycles. The fourth-order valence-electron chi connectivity index (χ4n) is 2.23. The minimum atomic E-state index is -0.846. The van der Waals surface area contributed by atoms with E-state index in [1.807, 2.05) is 13.8 Å². The number of ether oxygens (including phenoxy) is 1. The second-order valence-corrected chi connectivity index (χ2v) is 6.19. The van der Waals surface area contributed by atoms with Crippen LogP contribution in [0.5, 0.6) is 5.75 Å². The minimum Gasteiger partial charge on any atom is -0.490 e.